The predicted octanol–water partition coefficient (Wildman–Crippen LogP) is -5.33. The van der Waals surface area contributed by atoms with E-state index in [0.29, 0.717) is 27.8 Å². The van der Waals surface area contributed by atoms with Crippen molar-refractivity contribution in [2.24, 2.45) is 34.6 Å². The van der Waals surface area contributed by atoms with Gasteiger partial charge in [-0.05, 0) is 97.7 Å². The summed E-state index contributed by atoms with van der Waals surface area (Å²) < 4.78 is 0. The number of nitrogens with two attached hydrogens (primary N) is 5. The van der Waals surface area contributed by atoms with Gasteiger partial charge in [-0.25, -0.2) is 0 Å². The van der Waals surface area contributed by atoms with E-state index in [4.69, 9.17) is 44.9 Å². The fourth-order valence-corrected chi connectivity index (χ4v) is 12.8. The number of hydrogen-bond donors (Lipinski definition) is 25. The Bertz CT molecular complexity index is 4350. The highest BCUT2D eigenvalue weighted by atomic mass is 16.3. The number of guanidine groups is 3. The molecule has 0 radical (unpaired) electrons. The summed E-state index contributed by atoms with van der Waals surface area (Å²) in [5.74, 6) is -16.4. The molecule has 6 rings (SSSR count). The van der Waals surface area contributed by atoms with Crippen molar-refractivity contribution in [2.75, 3.05) is 19.6 Å². The van der Waals surface area contributed by atoms with E-state index in [9.17, 15) is 53.4 Å². The predicted molar refractivity (Wildman–Crippen MR) is 444 cm³/mol. The Morgan fingerprint density at radius 3 is 0.958 bits per heavy atom. The maximum absolute atomic E-state index is 15.1. The van der Waals surface area contributed by atoms with Crippen LogP contribution in [0.15, 0.2) is 146 Å². The molecule has 1 aliphatic rings. The second-order valence-corrected chi connectivity index (χ2v) is 29.3. The van der Waals surface area contributed by atoms with Crippen LogP contribution in [-0.4, -0.2) is 216 Å². The van der Waals surface area contributed by atoms with Crippen LogP contribution in [0.4, 0.5) is 0 Å². The van der Waals surface area contributed by atoms with Crippen LogP contribution in [0, 0.1) is 22.1 Å². The highest BCUT2D eigenvalue weighted by molar-refractivity contribution is 6.73. The number of amides is 13. The van der Waals surface area contributed by atoms with Crippen molar-refractivity contribution in [1.82, 2.24) is 79.7 Å². The smallest absolute Gasteiger partial charge is 0.286 e. The molecule has 1 saturated heterocycles. The van der Waals surface area contributed by atoms with Crippen LogP contribution in [0.25, 0.3) is 0 Å². The number of aromatic hydroxyl groups is 1. The largest absolute Gasteiger partial charge is 0.508 e. The molecule has 1 unspecified atom stereocenters. The normalized spacial score (nSPS) is 22.4. The summed E-state index contributed by atoms with van der Waals surface area (Å²) in [7, 11) is -0.688. The molecule has 1 fully saturated rings. The summed E-state index contributed by atoms with van der Waals surface area (Å²) in [5.41, 5.74) is 29.7. The number of primary amides is 2. The molecule has 0 saturated carbocycles. The minimum atomic E-state index is -1.95. The number of hydrogen-bond acceptors (Lipinski definition) is 20. The van der Waals surface area contributed by atoms with Gasteiger partial charge in [-0.2, -0.15) is 0 Å². The highest BCUT2D eigenvalue weighted by Crippen LogP contribution is 2.17. The Balaban J connectivity index is 1.52. The zero-order valence-electron chi connectivity index (χ0n) is 67.0. The molecule has 13 amide bonds. The van der Waals surface area contributed by atoms with Gasteiger partial charge in [0.25, 0.3) is 7.41 Å². The highest BCUT2D eigenvalue weighted by Gasteiger charge is 2.40. The Labute approximate surface area is 694 Å². The quantitative estimate of drug-likeness (QED) is 0.00962. The lowest BCUT2D eigenvalue weighted by Crippen LogP contribution is -2.62. The van der Waals surface area contributed by atoms with Crippen molar-refractivity contribution in [3.05, 3.63) is 173 Å². The first-order valence-electron chi connectivity index (χ1n) is 39.1. The first-order valence-corrected chi connectivity index (χ1v) is 39.1. The van der Waals surface area contributed by atoms with Gasteiger partial charge in [0.05, 0.1) is 31.0 Å². The van der Waals surface area contributed by atoms with Gasteiger partial charge in [-0.3, -0.25) is 78.6 Å². The molecule has 5 aromatic rings. The van der Waals surface area contributed by atoms with E-state index < -0.39 is 205 Å². The molecule has 0 bridgehead atoms. The maximum atomic E-state index is 15.1. The molecule has 0 aromatic heterocycles. The monoisotopic (exact) mass is 1660 g/mol. The number of aliphatic hydroxyl groups is 1. The van der Waals surface area contributed by atoms with Gasteiger partial charge in [0.15, 0.2) is 17.9 Å². The molecule has 30 N–H and O–H groups in total. The van der Waals surface area contributed by atoms with Gasteiger partial charge in [0.2, 0.25) is 76.8 Å². The molecule has 40 heteroatoms. The van der Waals surface area contributed by atoms with Gasteiger partial charge < -0.3 is 123 Å². The van der Waals surface area contributed by atoms with Crippen molar-refractivity contribution in [3.63, 3.8) is 0 Å². The van der Waals surface area contributed by atoms with Gasteiger partial charge in [0.1, 0.15) is 71.9 Å². The average molecular weight is 1660 g/mol. The number of rotatable bonds is 28. The van der Waals surface area contributed by atoms with Crippen molar-refractivity contribution >= 4 is 108 Å². The minimum Gasteiger partial charge on any atom is -0.508 e. The summed E-state index contributed by atoms with van der Waals surface area (Å²) >= 11 is 0. The summed E-state index contributed by atoms with van der Waals surface area (Å²) in [5, 5.41) is 84.3. The van der Waals surface area contributed by atoms with Crippen LogP contribution < -0.4 is 108 Å². The maximum Gasteiger partial charge on any atom is 0.286 e. The van der Waals surface area contributed by atoms with E-state index in [1.165, 1.54) is 24.3 Å². The Morgan fingerprint density at radius 1 is 0.350 bits per heavy atom. The van der Waals surface area contributed by atoms with Crippen LogP contribution in [0.1, 0.15) is 100.0 Å². The number of aliphatic hydroxyl groups excluding tert-OH is 1. The Hall–Kier alpha value is -13.5. The second kappa shape index (κ2) is 48.9. The summed E-state index contributed by atoms with van der Waals surface area (Å²) in [6.45, 7) is 4.11. The Kier molecular flexibility index (Phi) is 38.8. The van der Waals surface area contributed by atoms with E-state index in [-0.39, 0.29) is 96.0 Å². The fourth-order valence-electron chi connectivity index (χ4n) is 12.8. The molecular weight excluding hydrogens is 1550 g/mol. The van der Waals surface area contributed by atoms with Crippen LogP contribution in [-0.2, 0) is 99.2 Å². The molecule has 120 heavy (non-hydrogen) atoms. The number of nitrogens with one attached hydrogen (secondary N) is 18. The molecular formula is C80H110BN23O16. The molecule has 5 aromatic carbocycles. The summed E-state index contributed by atoms with van der Waals surface area (Å²) in [6, 6.07) is 18.3. The van der Waals surface area contributed by atoms with Gasteiger partial charge in [-0.1, -0.05) is 147 Å². The zero-order chi connectivity index (χ0) is 88.0. The number of carbonyl (C=O) groups excluding carboxylic acids is 14. The first-order chi connectivity index (χ1) is 57.1. The van der Waals surface area contributed by atoms with Gasteiger partial charge >= 0.3 is 0 Å². The van der Waals surface area contributed by atoms with E-state index in [1.807, 2.05) is 0 Å². The summed E-state index contributed by atoms with van der Waals surface area (Å²) in [4.78, 5) is 205. The van der Waals surface area contributed by atoms with Crippen molar-refractivity contribution in [1.29, 1.82) is 16.2 Å². The van der Waals surface area contributed by atoms with Crippen LogP contribution in [0.2, 0.25) is 0 Å². The molecule has 644 valence electrons. The van der Waals surface area contributed by atoms with Crippen molar-refractivity contribution in [3.8, 4) is 5.75 Å². The lowest BCUT2D eigenvalue weighted by Gasteiger charge is -2.29. The number of phenols is 1. The number of benzene rings is 5. The minimum absolute atomic E-state index is 0.0103. The third-order valence-electron chi connectivity index (χ3n) is 19.2. The van der Waals surface area contributed by atoms with Crippen molar-refractivity contribution in [2.45, 2.75) is 183 Å². The number of phenolic OH excluding ortho intramolecular Hbond substituents is 1. The third-order valence-corrected chi connectivity index (χ3v) is 19.2. The standard InChI is InChI=1S/C80H110BN23O16/c1-44(2)64-76(119)101-60(43-63(83)108)73(116)97-55(37-46-19-8-4-9-20-46)70(113)94-53(28-17-35-91-79(86)87)67(110)99-59(42-62(82)107)72(115)96-56(38-47-21-10-5-11-22-47)71(114)95-54(29-18-36-92-80(88)89)68(111)103-65(45(3)105)77(120)100-57(39-48-23-12-6-13-24-48)69(112)93-52(27-16-34-90-78(84)85)66(109)81-104-61(41-50-30-32-51(106)33-31-50)75(118)98-58(74(117)102-64)40-49-25-14-7-15-26-49/h4-15,19-26,30-33,44-45,52-61,64-65,81,104-106H,16-18,27-29,34-43H2,1-3H3,(H2,82,107)(H2,83,108)(H,93,112)(H,94,113)(H,95,114)(H,96,115)(H,97,116)(H,98,118)(H,99,110)(H,100,120)(H,101,119)(H,102,117)(H,103,111)(H4,84,85,90)(H4,86,87,91)(H4,88,89,92)/t45-,52+,53+,54+,55+,56+,57+,58+,59+,60+,61-,64?,65+/m1/s1. The van der Waals surface area contributed by atoms with E-state index in [2.05, 4.69) is 79.7 Å². The van der Waals surface area contributed by atoms with Gasteiger partial charge in [-0.15, -0.1) is 0 Å². The van der Waals surface area contributed by atoms with E-state index in [1.54, 1.807) is 135 Å². The fraction of sp³-hybridized carbons (Fsp3) is 0.412. The van der Waals surface area contributed by atoms with Crippen molar-refractivity contribution < 1.29 is 77.3 Å². The Morgan fingerprint density at radius 2 is 0.608 bits per heavy atom. The average Bonchev–Trinajstić information content (AvgIpc) is 0.846. The summed E-state index contributed by atoms with van der Waals surface area (Å²) in [6.07, 6.45) is -5.80. The van der Waals surface area contributed by atoms with E-state index in [0.717, 1.165) is 6.92 Å². The zero-order valence-corrected chi connectivity index (χ0v) is 67.0. The third kappa shape index (κ3) is 33.6. The molecule has 1 aliphatic heterocycles. The second-order valence-electron chi connectivity index (χ2n) is 29.3. The van der Waals surface area contributed by atoms with E-state index >= 15 is 24.0 Å². The lowest BCUT2D eigenvalue weighted by atomic mass is 9.79. The van der Waals surface area contributed by atoms with Crippen LogP contribution in [0.3, 0.4) is 0 Å². The van der Waals surface area contributed by atoms with Gasteiger partial charge in [0, 0.05) is 45.3 Å². The first kappa shape index (κ1) is 95.3. The molecule has 0 spiro atoms. The molecule has 1 heterocycles. The molecule has 39 nitrogen and oxygen atoms in total. The molecule has 13 atom stereocenters. The van der Waals surface area contributed by atoms with Crippen LogP contribution in [0.5, 0.6) is 5.75 Å². The SMILES string of the molecule is CC(C)C1NC(=O)[C@H](Cc2ccccc2)NC(=O)[C@@H](Cc2ccc(O)cc2)NBC(=O)[C@H](CCCNC(=N)N)NC(=O)[C@H](Cc2ccccc2)NC(=O)[C@H]([C@@H](C)O)NC(=O)[C@H](CCCNC(=N)N)NC(=O)[C@H](Cc2ccccc2)NC(=O)[C@H](CC(N)=O)NC(=O)[C@H](CCCNC(=N)N)NC(=O)[C@H](Cc2ccccc2)NC(=O)[C@H](CC(N)=O)NC1=O. The van der Waals surface area contributed by atoms with Crippen LogP contribution >= 0.6 is 0 Å². The topological polar surface area (TPSA) is 662 Å². The number of carbonyl (C=O) groups is 14. The molecule has 0 aliphatic carbocycles. The lowest BCUT2D eigenvalue weighted by molar-refractivity contribution is -0.137.